The molecule has 4 heteroatoms. The average molecular weight is 715 g/mol. The van der Waals surface area contributed by atoms with Gasteiger partial charge in [0.15, 0.2) is 17.5 Å². The van der Waals surface area contributed by atoms with Gasteiger partial charge in [-0.05, 0) is 39.4 Å². The highest BCUT2D eigenvalue weighted by atomic mass is 15.0. The molecule has 0 amide bonds. The van der Waals surface area contributed by atoms with E-state index in [2.05, 4.69) is 188 Å². The maximum Gasteiger partial charge on any atom is 0.166 e. The smallest absolute Gasteiger partial charge is 0.166 e. The monoisotopic (exact) mass is 714 g/mol. The molecule has 0 aliphatic heterocycles. The van der Waals surface area contributed by atoms with Crippen molar-refractivity contribution >= 4 is 21.7 Å². The first-order valence-electron chi connectivity index (χ1n) is 18.8. The minimum Gasteiger partial charge on any atom is -0.246 e. The molecular weight excluding hydrogens is 681 g/mol. The van der Waals surface area contributed by atoms with E-state index in [1.54, 1.807) is 0 Å². The highest BCUT2D eigenvalue weighted by Crippen LogP contribution is 2.41. The third kappa shape index (κ3) is 6.19. The topological polar surface area (TPSA) is 51.6 Å². The van der Waals surface area contributed by atoms with E-state index in [-0.39, 0.29) is 0 Å². The minimum absolute atomic E-state index is 0.568. The van der Waals surface area contributed by atoms with Crippen molar-refractivity contribution < 1.29 is 0 Å². The van der Waals surface area contributed by atoms with Gasteiger partial charge in [-0.1, -0.05) is 200 Å². The molecule has 8 aromatic carbocycles. The largest absolute Gasteiger partial charge is 0.246 e. The van der Waals surface area contributed by atoms with Crippen LogP contribution in [0.2, 0.25) is 0 Å². The Morgan fingerprint density at radius 3 is 1.14 bits per heavy atom. The Bertz CT molecular complexity index is 2860. The number of pyridine rings is 1. The molecule has 0 unspecified atom stereocenters. The summed E-state index contributed by atoms with van der Waals surface area (Å²) in [6, 6.07) is 71.6. The molecule has 0 saturated heterocycles. The average Bonchev–Trinajstić information content (AvgIpc) is 3.29. The standard InChI is InChI=1S/C52H34N4/c1-5-15-35(16-6-1)37-27-31-41(32-28-37)50-54-51(42-33-29-38(30-34-42)36-17-7-2-8-18-36)56-52(55-50)46-26-14-25-45-47-43(39-19-9-3-10-20-39)23-13-24-44(47)48(53-49(45)46)40-21-11-4-12-22-40/h1-34H. The Kier molecular flexibility index (Phi) is 8.47. The van der Waals surface area contributed by atoms with Crippen molar-refractivity contribution in [2.75, 3.05) is 0 Å². The van der Waals surface area contributed by atoms with Gasteiger partial charge < -0.3 is 0 Å². The van der Waals surface area contributed by atoms with Crippen LogP contribution in [0.1, 0.15) is 0 Å². The Labute approximate surface area is 325 Å². The van der Waals surface area contributed by atoms with Crippen molar-refractivity contribution in [2.24, 2.45) is 0 Å². The predicted octanol–water partition coefficient (Wildman–Crippen LogP) is 13.2. The Morgan fingerprint density at radius 1 is 0.232 bits per heavy atom. The summed E-state index contributed by atoms with van der Waals surface area (Å²) in [4.78, 5) is 21.0. The normalized spacial score (nSPS) is 11.2. The first-order chi connectivity index (χ1) is 27.8. The molecule has 2 aromatic heterocycles. The molecule has 56 heavy (non-hydrogen) atoms. The fraction of sp³-hybridized carbons (Fsp3) is 0. The zero-order valence-corrected chi connectivity index (χ0v) is 30.4. The molecular formula is C52H34N4. The van der Waals surface area contributed by atoms with Crippen LogP contribution in [0.3, 0.4) is 0 Å². The number of para-hydroxylation sites is 1. The van der Waals surface area contributed by atoms with Crippen molar-refractivity contribution in [1.29, 1.82) is 0 Å². The second kappa shape index (κ2) is 14.3. The van der Waals surface area contributed by atoms with Crippen molar-refractivity contribution in [3.63, 3.8) is 0 Å². The van der Waals surface area contributed by atoms with Gasteiger partial charge in [-0.3, -0.25) is 0 Å². The van der Waals surface area contributed by atoms with Gasteiger partial charge >= 0.3 is 0 Å². The van der Waals surface area contributed by atoms with E-state index in [0.717, 1.165) is 83.0 Å². The second-order valence-corrected chi connectivity index (χ2v) is 13.8. The van der Waals surface area contributed by atoms with Gasteiger partial charge in [0, 0.05) is 38.4 Å². The van der Waals surface area contributed by atoms with Crippen molar-refractivity contribution in [2.45, 2.75) is 0 Å². The first-order valence-corrected chi connectivity index (χ1v) is 18.8. The number of aromatic nitrogens is 4. The van der Waals surface area contributed by atoms with E-state index in [1.807, 2.05) is 18.2 Å². The lowest BCUT2D eigenvalue weighted by Crippen LogP contribution is -2.01. The van der Waals surface area contributed by atoms with Crippen molar-refractivity contribution in [3.05, 3.63) is 206 Å². The Morgan fingerprint density at radius 2 is 0.625 bits per heavy atom. The van der Waals surface area contributed by atoms with Crippen molar-refractivity contribution in [3.8, 4) is 78.8 Å². The SMILES string of the molecule is c1ccc(-c2ccc(-c3nc(-c4ccc(-c5ccccc5)cc4)nc(-c4cccc5c4nc(-c4ccccc4)c4cccc(-c6ccccc6)c45)n3)cc2)cc1. The molecule has 0 fully saturated rings. The molecule has 2 heterocycles. The van der Waals surface area contributed by atoms with E-state index in [9.17, 15) is 0 Å². The Balaban J connectivity index is 1.20. The number of nitrogens with zero attached hydrogens (tertiary/aromatic N) is 4. The van der Waals surface area contributed by atoms with E-state index >= 15 is 0 Å². The predicted molar refractivity (Wildman–Crippen MR) is 231 cm³/mol. The van der Waals surface area contributed by atoms with Crippen LogP contribution in [-0.4, -0.2) is 19.9 Å². The number of hydrogen-bond acceptors (Lipinski definition) is 4. The summed E-state index contributed by atoms with van der Waals surface area (Å²) in [5.41, 5.74) is 12.4. The molecule has 0 spiro atoms. The third-order valence-corrected chi connectivity index (χ3v) is 10.4. The number of benzene rings is 8. The van der Waals surface area contributed by atoms with E-state index in [1.165, 1.54) is 0 Å². The maximum absolute atomic E-state index is 5.48. The summed E-state index contributed by atoms with van der Waals surface area (Å²) in [6.07, 6.45) is 0. The molecule has 262 valence electrons. The van der Waals surface area contributed by atoms with Gasteiger partial charge in [0.1, 0.15) is 0 Å². The lowest BCUT2D eigenvalue weighted by atomic mass is 9.92. The van der Waals surface area contributed by atoms with Gasteiger partial charge in [-0.2, -0.15) is 0 Å². The van der Waals surface area contributed by atoms with Gasteiger partial charge in [-0.15, -0.1) is 0 Å². The molecule has 10 rings (SSSR count). The van der Waals surface area contributed by atoms with Crippen LogP contribution in [0, 0.1) is 0 Å². The number of rotatable bonds is 7. The van der Waals surface area contributed by atoms with E-state index in [0.29, 0.717) is 17.5 Å². The molecule has 4 nitrogen and oxygen atoms in total. The number of fused-ring (bicyclic) bond motifs is 3. The van der Waals surface area contributed by atoms with Crippen LogP contribution in [0.15, 0.2) is 206 Å². The second-order valence-electron chi connectivity index (χ2n) is 13.8. The molecule has 10 aromatic rings. The fourth-order valence-electron chi connectivity index (χ4n) is 7.57. The maximum atomic E-state index is 5.48. The summed E-state index contributed by atoms with van der Waals surface area (Å²) >= 11 is 0. The summed E-state index contributed by atoms with van der Waals surface area (Å²) < 4.78 is 0. The van der Waals surface area contributed by atoms with Crippen LogP contribution < -0.4 is 0 Å². The lowest BCUT2D eigenvalue weighted by molar-refractivity contribution is 1.07. The first kappa shape index (κ1) is 33.0. The van der Waals surface area contributed by atoms with E-state index in [4.69, 9.17) is 19.9 Å². The molecule has 0 aliphatic carbocycles. The molecule has 0 atom stereocenters. The van der Waals surface area contributed by atoms with Gasteiger partial charge in [0.05, 0.1) is 11.2 Å². The number of hydrogen-bond donors (Lipinski definition) is 0. The van der Waals surface area contributed by atoms with Gasteiger partial charge in [-0.25, -0.2) is 19.9 Å². The van der Waals surface area contributed by atoms with Crippen LogP contribution in [0.25, 0.3) is 100 Å². The summed E-state index contributed by atoms with van der Waals surface area (Å²) in [5.74, 6) is 1.77. The summed E-state index contributed by atoms with van der Waals surface area (Å²) in [6.45, 7) is 0. The van der Waals surface area contributed by atoms with E-state index < -0.39 is 0 Å². The molecule has 0 N–H and O–H groups in total. The molecule has 0 bridgehead atoms. The van der Waals surface area contributed by atoms with Gasteiger partial charge in [0.25, 0.3) is 0 Å². The van der Waals surface area contributed by atoms with Crippen molar-refractivity contribution in [1.82, 2.24) is 19.9 Å². The molecule has 0 radical (unpaired) electrons. The van der Waals surface area contributed by atoms with Gasteiger partial charge in [0.2, 0.25) is 0 Å². The zero-order valence-electron chi connectivity index (χ0n) is 30.4. The van der Waals surface area contributed by atoms with Crippen LogP contribution >= 0.6 is 0 Å². The zero-order chi connectivity index (χ0) is 37.3. The highest BCUT2D eigenvalue weighted by Gasteiger charge is 2.20. The summed E-state index contributed by atoms with van der Waals surface area (Å²) in [7, 11) is 0. The molecule has 0 saturated carbocycles. The fourth-order valence-corrected chi connectivity index (χ4v) is 7.57. The van der Waals surface area contributed by atoms with Crippen LogP contribution in [0.4, 0.5) is 0 Å². The van der Waals surface area contributed by atoms with Crippen LogP contribution in [-0.2, 0) is 0 Å². The lowest BCUT2D eigenvalue weighted by Gasteiger charge is -2.16. The highest BCUT2D eigenvalue weighted by molar-refractivity contribution is 6.19. The summed E-state index contributed by atoms with van der Waals surface area (Å²) in [5, 5.41) is 3.28. The molecule has 0 aliphatic rings. The third-order valence-electron chi connectivity index (χ3n) is 10.4. The van der Waals surface area contributed by atoms with Crippen LogP contribution in [0.5, 0.6) is 0 Å². The minimum atomic E-state index is 0.568. The Hall–Kier alpha value is -7.56. The quantitative estimate of drug-likeness (QED) is 0.154.